The molecule has 1 rings (SSSR count). The lowest BCUT2D eigenvalue weighted by Crippen LogP contribution is -2.05. The Morgan fingerprint density at radius 3 is 1.79 bits per heavy atom. The summed E-state index contributed by atoms with van der Waals surface area (Å²) in [6.45, 7) is 5.35. The zero-order chi connectivity index (χ0) is 11.1. The van der Waals surface area contributed by atoms with E-state index in [0.29, 0.717) is 0 Å². The van der Waals surface area contributed by atoms with Gasteiger partial charge in [0.2, 0.25) is 0 Å². The van der Waals surface area contributed by atoms with Gasteiger partial charge in [-0.2, -0.15) is 0 Å². The van der Waals surface area contributed by atoms with Crippen molar-refractivity contribution in [3.8, 4) is 0 Å². The molecule has 0 aromatic heterocycles. The zero-order valence-electron chi connectivity index (χ0n) is 8.57. The van der Waals surface area contributed by atoms with Gasteiger partial charge >= 0.3 is 5.97 Å². The van der Waals surface area contributed by atoms with Crippen molar-refractivity contribution in [1.29, 1.82) is 0 Å². The van der Waals surface area contributed by atoms with Crippen molar-refractivity contribution in [3.05, 3.63) is 35.4 Å². The Morgan fingerprint density at radius 1 is 1.07 bits per heavy atom. The summed E-state index contributed by atoms with van der Waals surface area (Å²) < 4.78 is 0. The van der Waals surface area contributed by atoms with Crippen LogP contribution < -0.4 is 0 Å². The number of hydrogen-bond donors (Lipinski definition) is 1. The number of carboxylic acids is 1. The number of hydrogen-bond acceptors (Lipinski definition) is 2. The van der Waals surface area contributed by atoms with Crippen LogP contribution in [0.25, 0.3) is 0 Å². The molecule has 0 radical (unpaired) electrons. The maximum Gasteiger partial charge on any atom is 0.336 e. The SMILES string of the molecule is CC.CC(=O)c1ccccc1C(=O)O. The predicted octanol–water partition coefficient (Wildman–Crippen LogP) is 2.61. The Morgan fingerprint density at radius 2 is 1.50 bits per heavy atom. The molecule has 0 bridgehead atoms. The normalized spacial score (nSPS) is 8.50. The second-order valence-corrected chi connectivity index (χ2v) is 2.41. The quantitative estimate of drug-likeness (QED) is 0.736. The molecule has 0 fully saturated rings. The van der Waals surface area contributed by atoms with Gasteiger partial charge in [-0.05, 0) is 13.0 Å². The zero-order valence-corrected chi connectivity index (χ0v) is 8.57. The van der Waals surface area contributed by atoms with Gasteiger partial charge in [-0.15, -0.1) is 0 Å². The van der Waals surface area contributed by atoms with E-state index in [1.54, 1.807) is 12.1 Å². The predicted molar refractivity (Wildman–Crippen MR) is 54.8 cm³/mol. The third-order valence-electron chi connectivity index (χ3n) is 1.54. The van der Waals surface area contributed by atoms with E-state index in [0.717, 1.165) is 0 Å². The number of carboxylic acid groups (broad SMARTS) is 1. The standard InChI is InChI=1S/C9H8O3.C2H6/c1-6(10)7-4-2-3-5-8(7)9(11)12;1-2/h2-5H,1H3,(H,11,12);1-2H3. The third kappa shape index (κ3) is 3.01. The molecule has 0 heterocycles. The Balaban J connectivity index is 0.000000791. The second kappa shape index (κ2) is 5.91. The molecule has 0 atom stereocenters. The van der Waals surface area contributed by atoms with Crippen molar-refractivity contribution < 1.29 is 14.7 Å². The van der Waals surface area contributed by atoms with Crippen molar-refractivity contribution in [2.24, 2.45) is 0 Å². The summed E-state index contributed by atoms with van der Waals surface area (Å²) >= 11 is 0. The molecule has 0 aliphatic heterocycles. The van der Waals surface area contributed by atoms with Gasteiger partial charge in [0.05, 0.1) is 5.56 Å². The molecule has 0 saturated heterocycles. The Bertz CT molecular complexity index is 296. The van der Waals surface area contributed by atoms with Gasteiger partial charge < -0.3 is 5.11 Å². The summed E-state index contributed by atoms with van der Waals surface area (Å²) in [7, 11) is 0. The largest absolute Gasteiger partial charge is 0.478 e. The molecule has 1 aromatic rings. The minimum Gasteiger partial charge on any atom is -0.478 e. The average molecular weight is 194 g/mol. The molecule has 3 nitrogen and oxygen atoms in total. The smallest absolute Gasteiger partial charge is 0.336 e. The summed E-state index contributed by atoms with van der Waals surface area (Å²) in [5.74, 6) is -1.30. The molecule has 1 aromatic carbocycles. The van der Waals surface area contributed by atoms with E-state index in [-0.39, 0.29) is 16.9 Å². The van der Waals surface area contributed by atoms with Crippen LogP contribution in [-0.4, -0.2) is 16.9 Å². The van der Waals surface area contributed by atoms with Gasteiger partial charge in [0.1, 0.15) is 0 Å². The maximum atomic E-state index is 10.9. The molecule has 0 saturated carbocycles. The van der Waals surface area contributed by atoms with Crippen molar-refractivity contribution in [2.45, 2.75) is 20.8 Å². The fourth-order valence-corrected chi connectivity index (χ4v) is 0.977. The summed E-state index contributed by atoms with van der Waals surface area (Å²) in [4.78, 5) is 21.5. The molecular weight excluding hydrogens is 180 g/mol. The van der Waals surface area contributed by atoms with Crippen molar-refractivity contribution in [3.63, 3.8) is 0 Å². The Labute approximate surface area is 83.4 Å². The monoisotopic (exact) mass is 194 g/mol. The van der Waals surface area contributed by atoms with Gasteiger partial charge in [-0.25, -0.2) is 4.79 Å². The highest BCUT2D eigenvalue weighted by Gasteiger charge is 2.11. The van der Waals surface area contributed by atoms with Gasteiger partial charge in [0, 0.05) is 5.56 Å². The summed E-state index contributed by atoms with van der Waals surface area (Å²) in [5, 5.41) is 8.66. The van der Waals surface area contributed by atoms with E-state index in [1.165, 1.54) is 19.1 Å². The summed E-state index contributed by atoms with van der Waals surface area (Å²) in [5.41, 5.74) is 0.315. The summed E-state index contributed by atoms with van der Waals surface area (Å²) in [6.07, 6.45) is 0. The topological polar surface area (TPSA) is 54.4 Å². The van der Waals surface area contributed by atoms with E-state index in [4.69, 9.17) is 5.11 Å². The van der Waals surface area contributed by atoms with Crippen LogP contribution in [0.3, 0.4) is 0 Å². The first kappa shape index (κ1) is 12.4. The fourth-order valence-electron chi connectivity index (χ4n) is 0.977. The molecule has 14 heavy (non-hydrogen) atoms. The highest BCUT2D eigenvalue weighted by atomic mass is 16.4. The fraction of sp³-hybridized carbons (Fsp3) is 0.273. The van der Waals surface area contributed by atoms with Crippen molar-refractivity contribution in [2.75, 3.05) is 0 Å². The molecule has 0 aliphatic rings. The number of benzene rings is 1. The van der Waals surface area contributed by atoms with Crippen LogP contribution in [0.1, 0.15) is 41.5 Å². The van der Waals surface area contributed by atoms with E-state index in [2.05, 4.69) is 0 Å². The first-order valence-electron chi connectivity index (χ1n) is 4.46. The summed E-state index contributed by atoms with van der Waals surface area (Å²) in [6, 6.07) is 6.16. The molecule has 1 N–H and O–H groups in total. The number of ketones is 1. The Hall–Kier alpha value is -1.64. The van der Waals surface area contributed by atoms with Gasteiger partial charge in [0.15, 0.2) is 5.78 Å². The number of aromatic carboxylic acids is 1. The van der Waals surface area contributed by atoms with E-state index in [1.807, 2.05) is 13.8 Å². The maximum absolute atomic E-state index is 10.9. The number of rotatable bonds is 2. The number of Topliss-reactive ketones (excluding diaryl/α,β-unsaturated/α-hetero) is 1. The molecule has 0 aliphatic carbocycles. The van der Waals surface area contributed by atoms with Gasteiger partial charge in [-0.3, -0.25) is 4.79 Å². The number of carbonyl (C=O) groups excluding carboxylic acids is 1. The van der Waals surface area contributed by atoms with Crippen LogP contribution in [0.4, 0.5) is 0 Å². The van der Waals surface area contributed by atoms with E-state index < -0.39 is 5.97 Å². The molecule has 3 heteroatoms. The van der Waals surface area contributed by atoms with Crippen LogP contribution >= 0.6 is 0 Å². The minimum atomic E-state index is -1.07. The van der Waals surface area contributed by atoms with Gasteiger partial charge in [0.25, 0.3) is 0 Å². The highest BCUT2D eigenvalue weighted by Crippen LogP contribution is 2.08. The Kier molecular flexibility index (Phi) is 5.22. The lowest BCUT2D eigenvalue weighted by Gasteiger charge is -1.99. The molecular formula is C11H14O3. The van der Waals surface area contributed by atoms with Crippen molar-refractivity contribution >= 4 is 11.8 Å². The first-order chi connectivity index (χ1) is 6.63. The average Bonchev–Trinajstić information content (AvgIpc) is 2.20. The second-order valence-electron chi connectivity index (χ2n) is 2.41. The van der Waals surface area contributed by atoms with Crippen molar-refractivity contribution in [1.82, 2.24) is 0 Å². The van der Waals surface area contributed by atoms with Crippen LogP contribution in [0.15, 0.2) is 24.3 Å². The molecule has 0 spiro atoms. The van der Waals surface area contributed by atoms with E-state index >= 15 is 0 Å². The first-order valence-corrected chi connectivity index (χ1v) is 4.46. The molecule has 0 unspecified atom stereocenters. The van der Waals surface area contributed by atoms with Crippen LogP contribution in [0, 0.1) is 0 Å². The third-order valence-corrected chi connectivity index (χ3v) is 1.54. The highest BCUT2D eigenvalue weighted by molar-refractivity contribution is 6.04. The molecule has 0 amide bonds. The van der Waals surface area contributed by atoms with Crippen LogP contribution in [0.2, 0.25) is 0 Å². The lowest BCUT2D eigenvalue weighted by atomic mass is 10.1. The van der Waals surface area contributed by atoms with E-state index in [9.17, 15) is 9.59 Å². The van der Waals surface area contributed by atoms with Crippen LogP contribution in [0.5, 0.6) is 0 Å². The van der Waals surface area contributed by atoms with Gasteiger partial charge in [-0.1, -0.05) is 32.0 Å². The van der Waals surface area contributed by atoms with Crippen LogP contribution in [-0.2, 0) is 0 Å². The molecule has 76 valence electrons. The minimum absolute atomic E-state index is 0.0602. The lowest BCUT2D eigenvalue weighted by molar-refractivity contribution is 0.0692. The number of carbonyl (C=O) groups is 2.